The number of aromatic nitrogens is 2. The molecule has 0 aliphatic carbocycles. The van der Waals surface area contributed by atoms with Gasteiger partial charge in [-0.05, 0) is 30.0 Å². The Morgan fingerprint density at radius 2 is 1.65 bits per heavy atom. The van der Waals surface area contributed by atoms with Crippen molar-refractivity contribution in [3.05, 3.63) is 83.6 Å². The van der Waals surface area contributed by atoms with Gasteiger partial charge in [-0.15, -0.1) is 5.10 Å². The molecular weight excluding hydrogens is 462 g/mol. The number of anilines is 1. The molecule has 1 unspecified atom stereocenters. The van der Waals surface area contributed by atoms with Gasteiger partial charge in [0.1, 0.15) is 6.61 Å². The zero-order chi connectivity index (χ0) is 25.9. The summed E-state index contributed by atoms with van der Waals surface area (Å²) >= 11 is 0. The lowest BCUT2D eigenvalue weighted by Gasteiger charge is -2.28. The summed E-state index contributed by atoms with van der Waals surface area (Å²) in [7, 11) is 0. The predicted octanol–water partition coefficient (Wildman–Crippen LogP) is 7.15. The molecule has 1 aliphatic heterocycles. The molecule has 1 aromatic heterocycles. The van der Waals surface area contributed by atoms with Crippen molar-refractivity contribution in [2.45, 2.75) is 71.3 Å². The Balaban J connectivity index is 1.51. The first-order valence-electron chi connectivity index (χ1n) is 13.7. The van der Waals surface area contributed by atoms with Gasteiger partial charge in [0.15, 0.2) is 0 Å². The molecule has 0 fully saturated rings. The first kappa shape index (κ1) is 26.5. The highest BCUT2D eigenvalue weighted by Gasteiger charge is 2.31. The monoisotopic (exact) mass is 501 g/mol. The number of para-hydroxylation sites is 1. The van der Waals surface area contributed by atoms with Crippen LogP contribution in [0, 0.1) is 5.92 Å². The molecule has 0 saturated heterocycles. The van der Waals surface area contributed by atoms with E-state index in [1.54, 1.807) is 17.1 Å². The van der Waals surface area contributed by atoms with Gasteiger partial charge in [-0.25, -0.2) is 0 Å². The molecule has 4 rings (SSSR count). The summed E-state index contributed by atoms with van der Waals surface area (Å²) in [4.78, 5) is 15.1. The van der Waals surface area contributed by atoms with Crippen LogP contribution in [0.25, 0.3) is 6.08 Å². The molecule has 2 aromatic carbocycles. The Kier molecular flexibility index (Phi) is 9.81. The van der Waals surface area contributed by atoms with Crippen LogP contribution < -0.4 is 5.01 Å². The number of hydrogen-bond acceptors (Lipinski definition) is 5. The van der Waals surface area contributed by atoms with E-state index in [0.717, 1.165) is 41.6 Å². The van der Waals surface area contributed by atoms with E-state index in [0.29, 0.717) is 6.54 Å². The summed E-state index contributed by atoms with van der Waals surface area (Å²) < 4.78 is 5.84. The van der Waals surface area contributed by atoms with Crippen molar-refractivity contribution in [1.82, 2.24) is 9.89 Å². The summed E-state index contributed by atoms with van der Waals surface area (Å²) in [5, 5.41) is 16.1. The van der Waals surface area contributed by atoms with Crippen LogP contribution in [0.15, 0.2) is 72.4 Å². The van der Waals surface area contributed by atoms with Gasteiger partial charge in [-0.3, -0.25) is 9.80 Å². The molecule has 0 spiro atoms. The number of rotatable bonds is 13. The molecule has 2 heterocycles. The smallest absolute Gasteiger partial charge is 0.315 e. The van der Waals surface area contributed by atoms with Crippen LogP contribution in [0.2, 0.25) is 0 Å². The zero-order valence-corrected chi connectivity index (χ0v) is 21.9. The van der Waals surface area contributed by atoms with Crippen molar-refractivity contribution >= 4 is 17.7 Å². The maximum absolute atomic E-state index is 13.5. The molecule has 0 bridgehead atoms. The van der Waals surface area contributed by atoms with Crippen LogP contribution in [0.1, 0.15) is 75.8 Å². The number of esters is 1. The molecule has 0 radical (unpaired) electrons. The number of aromatic hydroxyl groups is 1. The topological polar surface area (TPSA) is 67.6 Å². The average molecular weight is 502 g/mol. The van der Waals surface area contributed by atoms with E-state index >= 15 is 0 Å². The van der Waals surface area contributed by atoms with E-state index in [2.05, 4.69) is 24.2 Å². The van der Waals surface area contributed by atoms with Gasteiger partial charge in [0.05, 0.1) is 24.3 Å². The molecule has 3 aromatic rings. The minimum absolute atomic E-state index is 0.0583. The minimum Gasteiger partial charge on any atom is -0.492 e. The molecular formula is C31H39N3O3. The lowest BCUT2D eigenvalue weighted by molar-refractivity contribution is -0.148. The third-order valence-electron chi connectivity index (χ3n) is 7.00. The van der Waals surface area contributed by atoms with Crippen molar-refractivity contribution in [3.63, 3.8) is 0 Å². The molecule has 196 valence electrons. The molecule has 0 saturated carbocycles. The van der Waals surface area contributed by atoms with Crippen LogP contribution >= 0.6 is 0 Å². The Hall–Kier alpha value is -3.54. The summed E-state index contributed by atoms with van der Waals surface area (Å²) in [5.41, 5.74) is 4.04. The Labute approximate surface area is 220 Å². The van der Waals surface area contributed by atoms with Crippen molar-refractivity contribution < 1.29 is 14.6 Å². The van der Waals surface area contributed by atoms with Crippen LogP contribution in [0.3, 0.4) is 0 Å². The SMILES string of the molecule is CCCCCCCCCCC1=Cc2ccccc2N(n2ccc(O)n2)CC1C(=O)OCc1ccccc1. The largest absolute Gasteiger partial charge is 0.492 e. The molecule has 1 N–H and O–H groups in total. The quantitative estimate of drug-likeness (QED) is 0.199. The van der Waals surface area contributed by atoms with Gasteiger partial charge in [0.2, 0.25) is 5.88 Å². The predicted molar refractivity (Wildman–Crippen MR) is 148 cm³/mol. The lowest BCUT2D eigenvalue weighted by atomic mass is 9.92. The van der Waals surface area contributed by atoms with Gasteiger partial charge in [-0.2, -0.15) is 4.79 Å². The Morgan fingerprint density at radius 1 is 0.946 bits per heavy atom. The van der Waals surface area contributed by atoms with E-state index in [-0.39, 0.29) is 18.5 Å². The average Bonchev–Trinajstić information content (AvgIpc) is 3.28. The van der Waals surface area contributed by atoms with E-state index in [1.165, 1.54) is 38.5 Å². The summed E-state index contributed by atoms with van der Waals surface area (Å²) in [5.74, 6) is -0.729. The summed E-state index contributed by atoms with van der Waals surface area (Å²) in [6, 6.07) is 19.4. The molecule has 37 heavy (non-hydrogen) atoms. The molecule has 6 nitrogen and oxygen atoms in total. The van der Waals surface area contributed by atoms with Crippen molar-refractivity contribution in [2.24, 2.45) is 5.92 Å². The normalized spacial score (nSPS) is 15.1. The maximum Gasteiger partial charge on any atom is 0.315 e. The van der Waals surface area contributed by atoms with E-state index in [9.17, 15) is 9.90 Å². The van der Waals surface area contributed by atoms with Crippen molar-refractivity contribution in [3.8, 4) is 5.88 Å². The molecule has 0 amide bonds. The fourth-order valence-corrected chi connectivity index (χ4v) is 4.93. The van der Waals surface area contributed by atoms with Crippen LogP contribution in [-0.2, 0) is 16.1 Å². The van der Waals surface area contributed by atoms with Crippen LogP contribution in [-0.4, -0.2) is 27.5 Å². The third kappa shape index (κ3) is 7.48. The van der Waals surface area contributed by atoms with Crippen LogP contribution in [0.5, 0.6) is 5.88 Å². The maximum atomic E-state index is 13.5. The highest BCUT2D eigenvalue weighted by atomic mass is 16.5. The first-order valence-corrected chi connectivity index (χ1v) is 13.7. The van der Waals surface area contributed by atoms with Gasteiger partial charge in [0.25, 0.3) is 0 Å². The number of hydrogen-bond donors (Lipinski definition) is 1. The molecule has 1 atom stereocenters. The van der Waals surface area contributed by atoms with E-state index in [1.807, 2.05) is 53.5 Å². The number of benzene rings is 2. The number of nitrogens with zero attached hydrogens (tertiary/aromatic N) is 3. The summed E-state index contributed by atoms with van der Waals surface area (Å²) in [6.07, 6.45) is 14.7. The van der Waals surface area contributed by atoms with E-state index < -0.39 is 5.92 Å². The molecule has 6 heteroatoms. The second kappa shape index (κ2) is 13.7. The van der Waals surface area contributed by atoms with Crippen LogP contribution in [0.4, 0.5) is 5.69 Å². The van der Waals surface area contributed by atoms with Gasteiger partial charge in [0, 0.05) is 6.07 Å². The number of ether oxygens (including phenoxy) is 1. The van der Waals surface area contributed by atoms with Crippen molar-refractivity contribution in [1.29, 1.82) is 0 Å². The fraction of sp³-hybridized carbons (Fsp3) is 0.419. The third-order valence-corrected chi connectivity index (χ3v) is 7.00. The van der Waals surface area contributed by atoms with E-state index in [4.69, 9.17) is 4.74 Å². The second-order valence-electron chi connectivity index (χ2n) is 9.83. The minimum atomic E-state index is -0.438. The number of unbranched alkanes of at least 4 members (excludes halogenated alkanes) is 7. The number of fused-ring (bicyclic) bond motifs is 1. The zero-order valence-electron chi connectivity index (χ0n) is 21.9. The highest BCUT2D eigenvalue weighted by molar-refractivity contribution is 5.82. The number of carbonyl (C=O) groups is 1. The van der Waals surface area contributed by atoms with Gasteiger partial charge < -0.3 is 9.84 Å². The van der Waals surface area contributed by atoms with Gasteiger partial charge in [-0.1, -0.05) is 112 Å². The Bertz CT molecular complexity index is 1160. The molecule has 1 aliphatic rings. The standard InChI is InChI=1S/C31H39N3O3/c1-2-3-4-5-6-7-8-12-17-26-22-27-18-13-14-19-29(27)33(34-21-20-30(35)32-34)23-28(26)31(36)37-24-25-15-10-9-11-16-25/h9-11,13-16,18-22,28H,2-8,12,17,23-24H2,1H3,(H,32,35). The Morgan fingerprint density at radius 3 is 2.38 bits per heavy atom. The van der Waals surface area contributed by atoms with Crippen molar-refractivity contribution in [2.75, 3.05) is 11.6 Å². The summed E-state index contributed by atoms with van der Waals surface area (Å²) in [6.45, 7) is 2.88. The first-order chi connectivity index (χ1) is 18.2. The van der Waals surface area contributed by atoms with Gasteiger partial charge >= 0.3 is 5.97 Å². The fourth-order valence-electron chi connectivity index (χ4n) is 4.93. The lowest BCUT2D eigenvalue weighted by Crippen LogP contribution is -2.38. The number of carbonyl (C=O) groups excluding carboxylic acids is 1. The highest BCUT2D eigenvalue weighted by Crippen LogP contribution is 2.34. The second-order valence-corrected chi connectivity index (χ2v) is 9.83.